The van der Waals surface area contributed by atoms with Crippen LogP contribution in [-0.2, 0) is 21.4 Å². The second-order valence-electron chi connectivity index (χ2n) is 7.69. The van der Waals surface area contributed by atoms with E-state index < -0.39 is 10.0 Å². The van der Waals surface area contributed by atoms with E-state index >= 15 is 0 Å². The molecule has 1 saturated heterocycles. The zero-order valence-electron chi connectivity index (χ0n) is 17.1. The molecule has 7 nitrogen and oxygen atoms in total. The van der Waals surface area contributed by atoms with Gasteiger partial charge in [0.1, 0.15) is 10.6 Å². The predicted octanol–water partition coefficient (Wildman–Crippen LogP) is 2.51. The van der Waals surface area contributed by atoms with Crippen molar-refractivity contribution in [3.8, 4) is 5.75 Å². The molecule has 4 rings (SSSR count). The molecule has 0 aromatic heterocycles. The quantitative estimate of drug-likeness (QED) is 0.749. The van der Waals surface area contributed by atoms with E-state index in [0.717, 1.165) is 11.3 Å². The number of sulfonamides is 1. The Kier molecular flexibility index (Phi) is 5.51. The minimum absolute atomic E-state index is 0.0710. The van der Waals surface area contributed by atoms with Crippen LogP contribution in [0.15, 0.2) is 57.8 Å². The van der Waals surface area contributed by atoms with Gasteiger partial charge in [-0.25, -0.2) is 0 Å². The summed E-state index contributed by atoms with van der Waals surface area (Å²) in [6.45, 7) is 1.76. The van der Waals surface area contributed by atoms with Gasteiger partial charge in [-0.3, -0.25) is 4.79 Å². The standard InChI is InChI=1S/C22H25N3O4S/c1-24(15-16-7-9-18(29-2)10-8-16)22(26)17-11-13-25(14-12-17)21-19-5-3-4-6-20(19)30(27,28)23-21/h3-10,17H,11-15H2,1-2H3. The molecule has 0 bridgehead atoms. The molecule has 1 fully saturated rings. The highest BCUT2D eigenvalue weighted by Gasteiger charge is 2.34. The molecule has 0 atom stereocenters. The molecule has 2 aromatic carbocycles. The monoisotopic (exact) mass is 427 g/mol. The lowest BCUT2D eigenvalue weighted by Crippen LogP contribution is -2.43. The normalized spacial score (nSPS) is 17.9. The summed E-state index contributed by atoms with van der Waals surface area (Å²) in [5.41, 5.74) is 1.70. The topological polar surface area (TPSA) is 79.3 Å². The highest BCUT2D eigenvalue weighted by molar-refractivity contribution is 7.90. The molecule has 0 spiro atoms. The Morgan fingerprint density at radius 1 is 1.13 bits per heavy atom. The summed E-state index contributed by atoms with van der Waals surface area (Å²) in [4.78, 5) is 16.9. The van der Waals surface area contributed by atoms with E-state index in [1.165, 1.54) is 0 Å². The Balaban J connectivity index is 1.38. The molecule has 1 amide bonds. The number of ether oxygens (including phenoxy) is 1. The number of fused-ring (bicyclic) bond motifs is 1. The molecular weight excluding hydrogens is 402 g/mol. The van der Waals surface area contributed by atoms with Crippen LogP contribution in [0.1, 0.15) is 24.0 Å². The van der Waals surface area contributed by atoms with Gasteiger partial charge in [0.15, 0.2) is 5.84 Å². The van der Waals surface area contributed by atoms with Gasteiger partial charge in [-0.15, -0.1) is 4.40 Å². The Bertz CT molecular complexity index is 1070. The number of benzene rings is 2. The van der Waals surface area contributed by atoms with Gasteiger partial charge in [-0.1, -0.05) is 24.3 Å². The van der Waals surface area contributed by atoms with E-state index in [4.69, 9.17) is 4.74 Å². The SMILES string of the molecule is COc1ccc(CN(C)C(=O)C2CCN(C3=NS(=O)(=O)c4ccccc43)CC2)cc1. The van der Waals surface area contributed by atoms with Crippen LogP contribution in [0.3, 0.4) is 0 Å². The van der Waals surface area contributed by atoms with Gasteiger partial charge in [0.2, 0.25) is 5.91 Å². The van der Waals surface area contributed by atoms with Gasteiger partial charge in [0.25, 0.3) is 10.0 Å². The first-order valence-electron chi connectivity index (χ1n) is 9.96. The maximum atomic E-state index is 12.9. The summed E-state index contributed by atoms with van der Waals surface area (Å²) in [6, 6.07) is 14.6. The highest BCUT2D eigenvalue weighted by Crippen LogP contribution is 2.30. The Labute approximate surface area is 177 Å². The summed E-state index contributed by atoms with van der Waals surface area (Å²) < 4.78 is 33.8. The average molecular weight is 428 g/mol. The maximum absolute atomic E-state index is 12.9. The number of rotatable bonds is 4. The molecule has 0 N–H and O–H groups in total. The number of nitrogens with zero attached hydrogens (tertiary/aromatic N) is 3. The van der Waals surface area contributed by atoms with Crippen LogP contribution in [0.5, 0.6) is 5.75 Å². The number of piperidine rings is 1. The molecule has 2 aromatic rings. The number of likely N-dealkylation sites (tertiary alicyclic amines) is 1. The number of hydrogen-bond donors (Lipinski definition) is 0. The predicted molar refractivity (Wildman–Crippen MR) is 114 cm³/mol. The number of carbonyl (C=O) groups is 1. The van der Waals surface area contributed by atoms with Crippen LogP contribution in [0.4, 0.5) is 0 Å². The smallest absolute Gasteiger partial charge is 0.285 e. The lowest BCUT2D eigenvalue weighted by atomic mass is 9.94. The molecular formula is C22H25N3O4S. The van der Waals surface area contributed by atoms with Crippen molar-refractivity contribution >= 4 is 21.8 Å². The van der Waals surface area contributed by atoms with Gasteiger partial charge in [-0.2, -0.15) is 8.42 Å². The lowest BCUT2D eigenvalue weighted by molar-refractivity contribution is -0.136. The molecule has 2 heterocycles. The Morgan fingerprint density at radius 3 is 2.47 bits per heavy atom. The second kappa shape index (κ2) is 8.10. The van der Waals surface area contributed by atoms with Crippen LogP contribution in [-0.4, -0.2) is 57.2 Å². The van der Waals surface area contributed by atoms with Crippen LogP contribution in [0, 0.1) is 5.92 Å². The van der Waals surface area contributed by atoms with Gasteiger partial charge >= 0.3 is 0 Å². The molecule has 158 valence electrons. The molecule has 30 heavy (non-hydrogen) atoms. The fourth-order valence-corrected chi connectivity index (χ4v) is 5.28. The first kappa shape index (κ1) is 20.4. The van der Waals surface area contributed by atoms with E-state index in [9.17, 15) is 13.2 Å². The molecule has 2 aliphatic heterocycles. The third-order valence-electron chi connectivity index (χ3n) is 5.71. The van der Waals surface area contributed by atoms with Crippen LogP contribution in [0.2, 0.25) is 0 Å². The number of methoxy groups -OCH3 is 1. The highest BCUT2D eigenvalue weighted by atomic mass is 32.2. The summed E-state index contributed by atoms with van der Waals surface area (Å²) in [5, 5.41) is 0. The van der Waals surface area contributed by atoms with Crippen molar-refractivity contribution in [2.75, 3.05) is 27.2 Å². The number of amidine groups is 1. The van der Waals surface area contributed by atoms with Gasteiger partial charge in [0.05, 0.1) is 7.11 Å². The average Bonchev–Trinajstić information content (AvgIpc) is 3.05. The van der Waals surface area contributed by atoms with E-state index in [2.05, 4.69) is 4.40 Å². The lowest BCUT2D eigenvalue weighted by Gasteiger charge is -2.34. The van der Waals surface area contributed by atoms with E-state index in [1.54, 1.807) is 30.2 Å². The molecule has 0 unspecified atom stereocenters. The summed E-state index contributed by atoms with van der Waals surface area (Å²) >= 11 is 0. The van der Waals surface area contributed by atoms with Gasteiger partial charge < -0.3 is 14.5 Å². The summed E-state index contributed by atoms with van der Waals surface area (Å²) in [7, 11) is -0.175. The summed E-state index contributed by atoms with van der Waals surface area (Å²) in [5.74, 6) is 1.34. The molecule has 8 heteroatoms. The van der Waals surface area contributed by atoms with E-state index in [-0.39, 0.29) is 16.7 Å². The second-order valence-corrected chi connectivity index (χ2v) is 9.26. The molecule has 0 saturated carbocycles. The largest absolute Gasteiger partial charge is 0.497 e. The van der Waals surface area contributed by atoms with E-state index in [0.29, 0.717) is 43.9 Å². The Hall–Kier alpha value is -2.87. The Morgan fingerprint density at radius 2 is 1.80 bits per heavy atom. The van der Waals surface area contributed by atoms with Crippen molar-refractivity contribution in [1.82, 2.24) is 9.80 Å². The number of hydrogen-bond acceptors (Lipinski definition) is 5. The number of carbonyl (C=O) groups excluding carboxylic acids is 1. The van der Waals surface area contributed by atoms with Crippen molar-refractivity contribution < 1.29 is 17.9 Å². The van der Waals surface area contributed by atoms with Crippen molar-refractivity contribution in [2.45, 2.75) is 24.3 Å². The molecule has 0 radical (unpaired) electrons. The first-order chi connectivity index (χ1) is 14.4. The third kappa shape index (κ3) is 3.92. The van der Waals surface area contributed by atoms with Gasteiger partial charge in [0, 0.05) is 38.2 Å². The fraction of sp³-hybridized carbons (Fsp3) is 0.364. The van der Waals surface area contributed by atoms with E-state index in [1.807, 2.05) is 42.3 Å². The zero-order chi connectivity index (χ0) is 21.3. The number of amides is 1. The van der Waals surface area contributed by atoms with Crippen LogP contribution in [0.25, 0.3) is 0 Å². The van der Waals surface area contributed by atoms with Crippen LogP contribution < -0.4 is 4.74 Å². The van der Waals surface area contributed by atoms with Gasteiger partial charge in [-0.05, 0) is 42.7 Å². The fourth-order valence-electron chi connectivity index (χ4n) is 4.05. The summed E-state index contributed by atoms with van der Waals surface area (Å²) in [6.07, 6.45) is 1.35. The van der Waals surface area contributed by atoms with Crippen LogP contribution >= 0.6 is 0 Å². The zero-order valence-corrected chi connectivity index (χ0v) is 17.9. The van der Waals surface area contributed by atoms with Crippen molar-refractivity contribution in [3.05, 3.63) is 59.7 Å². The first-order valence-corrected chi connectivity index (χ1v) is 11.4. The minimum Gasteiger partial charge on any atom is -0.497 e. The maximum Gasteiger partial charge on any atom is 0.285 e. The van der Waals surface area contributed by atoms with Crippen molar-refractivity contribution in [2.24, 2.45) is 10.3 Å². The molecule has 2 aliphatic rings. The van der Waals surface area contributed by atoms with Crippen molar-refractivity contribution in [3.63, 3.8) is 0 Å². The molecule has 0 aliphatic carbocycles. The van der Waals surface area contributed by atoms with Crippen molar-refractivity contribution in [1.29, 1.82) is 0 Å². The minimum atomic E-state index is -3.62. The third-order valence-corrected chi connectivity index (χ3v) is 7.04.